The van der Waals surface area contributed by atoms with Crippen molar-refractivity contribution in [3.63, 3.8) is 0 Å². The van der Waals surface area contributed by atoms with Crippen molar-refractivity contribution in [2.75, 3.05) is 18.8 Å². The molecule has 1 aromatic carbocycles. The number of hydrogen-bond donors (Lipinski definition) is 3. The number of nitrogens with one attached hydrogen (secondary N) is 2. The molecule has 0 atom stereocenters. The standard InChI is InChI=1S/C14H19F2N3O2/c1-8(2)7-19-12(20)3-4-18-14(21)10-5-9(15)6-11(17)13(10)16/h5-6,8H,3-4,7,17H2,1-2H3,(H,18,21)(H,19,20). The van der Waals surface area contributed by atoms with Gasteiger partial charge in [0.1, 0.15) is 5.82 Å². The highest BCUT2D eigenvalue weighted by Crippen LogP contribution is 2.17. The summed E-state index contributed by atoms with van der Waals surface area (Å²) in [5.41, 5.74) is 4.33. The van der Waals surface area contributed by atoms with E-state index in [0.29, 0.717) is 12.5 Å². The first kappa shape index (κ1) is 16.9. The summed E-state index contributed by atoms with van der Waals surface area (Å²) in [4.78, 5) is 23.1. The number of anilines is 1. The van der Waals surface area contributed by atoms with Gasteiger partial charge in [0.05, 0.1) is 11.3 Å². The van der Waals surface area contributed by atoms with Crippen LogP contribution < -0.4 is 16.4 Å². The lowest BCUT2D eigenvalue weighted by Gasteiger charge is -2.09. The zero-order valence-electron chi connectivity index (χ0n) is 12.0. The summed E-state index contributed by atoms with van der Waals surface area (Å²) >= 11 is 0. The van der Waals surface area contributed by atoms with E-state index in [0.717, 1.165) is 12.1 Å². The Morgan fingerprint density at radius 1 is 1.24 bits per heavy atom. The van der Waals surface area contributed by atoms with E-state index in [2.05, 4.69) is 10.6 Å². The monoisotopic (exact) mass is 299 g/mol. The van der Waals surface area contributed by atoms with Crippen LogP contribution in [-0.4, -0.2) is 24.9 Å². The molecule has 21 heavy (non-hydrogen) atoms. The summed E-state index contributed by atoms with van der Waals surface area (Å²) in [5.74, 6) is -2.47. The van der Waals surface area contributed by atoms with Crippen molar-refractivity contribution in [2.45, 2.75) is 20.3 Å². The minimum Gasteiger partial charge on any atom is -0.396 e. The molecule has 7 heteroatoms. The van der Waals surface area contributed by atoms with Gasteiger partial charge < -0.3 is 16.4 Å². The summed E-state index contributed by atoms with van der Waals surface area (Å²) in [6.07, 6.45) is 0.0604. The van der Waals surface area contributed by atoms with Gasteiger partial charge in [0.25, 0.3) is 5.91 Å². The Bertz CT molecular complexity index is 533. The van der Waals surface area contributed by atoms with Gasteiger partial charge in [0, 0.05) is 19.5 Å². The Morgan fingerprint density at radius 2 is 1.90 bits per heavy atom. The predicted molar refractivity (Wildman–Crippen MR) is 75.6 cm³/mol. The first-order chi connectivity index (χ1) is 9.81. The summed E-state index contributed by atoms with van der Waals surface area (Å²) in [7, 11) is 0. The van der Waals surface area contributed by atoms with Gasteiger partial charge in [-0.2, -0.15) is 0 Å². The van der Waals surface area contributed by atoms with E-state index >= 15 is 0 Å². The van der Waals surface area contributed by atoms with Crippen LogP contribution in [0.5, 0.6) is 0 Å². The predicted octanol–water partition coefficient (Wildman–Crippen LogP) is 1.44. The zero-order valence-corrected chi connectivity index (χ0v) is 12.0. The van der Waals surface area contributed by atoms with Crippen LogP contribution in [0.4, 0.5) is 14.5 Å². The van der Waals surface area contributed by atoms with Crippen LogP contribution in [0.1, 0.15) is 30.6 Å². The first-order valence-corrected chi connectivity index (χ1v) is 6.60. The van der Waals surface area contributed by atoms with E-state index in [1.54, 1.807) is 0 Å². The average molecular weight is 299 g/mol. The van der Waals surface area contributed by atoms with Gasteiger partial charge in [-0.05, 0) is 18.1 Å². The van der Waals surface area contributed by atoms with Gasteiger partial charge in [0.2, 0.25) is 5.91 Å². The molecule has 4 N–H and O–H groups in total. The van der Waals surface area contributed by atoms with Crippen LogP contribution >= 0.6 is 0 Å². The van der Waals surface area contributed by atoms with Crippen LogP contribution in [0.25, 0.3) is 0 Å². The summed E-state index contributed by atoms with van der Waals surface area (Å²) in [6, 6.07) is 1.56. The van der Waals surface area contributed by atoms with Crippen LogP contribution in [0.2, 0.25) is 0 Å². The Hall–Kier alpha value is -2.18. The quantitative estimate of drug-likeness (QED) is 0.695. The summed E-state index contributed by atoms with van der Waals surface area (Å²) < 4.78 is 26.7. The van der Waals surface area contributed by atoms with Crippen molar-refractivity contribution in [1.29, 1.82) is 0 Å². The SMILES string of the molecule is CC(C)CNC(=O)CCNC(=O)c1cc(F)cc(N)c1F. The first-order valence-electron chi connectivity index (χ1n) is 6.60. The second kappa shape index (κ2) is 7.56. The van der Waals surface area contributed by atoms with Gasteiger partial charge in [-0.15, -0.1) is 0 Å². The number of benzene rings is 1. The Labute approximate surface area is 121 Å². The molecule has 0 aliphatic heterocycles. The van der Waals surface area contributed by atoms with Crippen LogP contribution in [0.3, 0.4) is 0 Å². The summed E-state index contributed by atoms with van der Waals surface area (Å²) in [6.45, 7) is 4.48. The normalized spacial score (nSPS) is 10.5. The molecule has 0 spiro atoms. The highest BCUT2D eigenvalue weighted by Gasteiger charge is 2.16. The van der Waals surface area contributed by atoms with Gasteiger partial charge in [-0.1, -0.05) is 13.8 Å². The van der Waals surface area contributed by atoms with Crippen LogP contribution in [0, 0.1) is 17.6 Å². The fraction of sp³-hybridized carbons (Fsp3) is 0.429. The van der Waals surface area contributed by atoms with Crippen molar-refractivity contribution in [1.82, 2.24) is 10.6 Å². The maximum atomic E-state index is 13.6. The molecular formula is C14H19F2N3O2. The topological polar surface area (TPSA) is 84.2 Å². The molecule has 0 saturated heterocycles. The number of nitrogen functional groups attached to an aromatic ring is 1. The highest BCUT2D eigenvalue weighted by atomic mass is 19.1. The molecule has 2 amide bonds. The Kier molecular flexibility index (Phi) is 6.08. The van der Waals surface area contributed by atoms with Gasteiger partial charge in [-0.3, -0.25) is 9.59 Å². The second-order valence-corrected chi connectivity index (χ2v) is 5.06. The molecule has 1 rings (SSSR count). The summed E-state index contributed by atoms with van der Waals surface area (Å²) in [5, 5.41) is 5.03. The number of carbonyl (C=O) groups excluding carboxylic acids is 2. The van der Waals surface area contributed by atoms with Crippen molar-refractivity contribution in [3.8, 4) is 0 Å². The molecule has 1 aromatic rings. The molecule has 0 fully saturated rings. The Morgan fingerprint density at radius 3 is 2.52 bits per heavy atom. The molecule has 0 aliphatic rings. The molecule has 0 heterocycles. The van der Waals surface area contributed by atoms with Gasteiger partial charge in [0.15, 0.2) is 5.82 Å². The highest BCUT2D eigenvalue weighted by molar-refractivity contribution is 5.95. The molecule has 0 bridgehead atoms. The molecule has 0 unspecified atom stereocenters. The molecule has 0 aliphatic carbocycles. The lowest BCUT2D eigenvalue weighted by molar-refractivity contribution is -0.121. The van der Waals surface area contributed by atoms with E-state index in [1.165, 1.54) is 0 Å². The molecule has 0 saturated carbocycles. The van der Waals surface area contributed by atoms with Crippen molar-refractivity contribution in [3.05, 3.63) is 29.3 Å². The number of rotatable bonds is 6. The van der Waals surface area contributed by atoms with Crippen molar-refractivity contribution < 1.29 is 18.4 Å². The maximum Gasteiger partial charge on any atom is 0.254 e. The molecule has 5 nitrogen and oxygen atoms in total. The third-order valence-corrected chi connectivity index (χ3v) is 2.66. The molecule has 0 aromatic heterocycles. The van der Waals surface area contributed by atoms with E-state index in [-0.39, 0.29) is 18.9 Å². The van der Waals surface area contributed by atoms with Crippen LogP contribution in [-0.2, 0) is 4.79 Å². The van der Waals surface area contributed by atoms with Gasteiger partial charge >= 0.3 is 0 Å². The van der Waals surface area contributed by atoms with Crippen LogP contribution in [0.15, 0.2) is 12.1 Å². The molecular weight excluding hydrogens is 280 g/mol. The fourth-order valence-corrected chi connectivity index (χ4v) is 1.57. The minimum absolute atomic E-state index is 0.0264. The van der Waals surface area contributed by atoms with Crippen molar-refractivity contribution in [2.24, 2.45) is 5.92 Å². The van der Waals surface area contributed by atoms with E-state index in [9.17, 15) is 18.4 Å². The van der Waals surface area contributed by atoms with E-state index < -0.39 is 28.8 Å². The molecule has 116 valence electrons. The number of carbonyl (C=O) groups is 2. The van der Waals surface area contributed by atoms with Gasteiger partial charge in [-0.25, -0.2) is 8.78 Å². The minimum atomic E-state index is -0.974. The number of nitrogens with two attached hydrogens (primary N) is 1. The maximum absolute atomic E-state index is 13.6. The van der Waals surface area contributed by atoms with E-state index in [1.807, 2.05) is 13.8 Å². The van der Waals surface area contributed by atoms with E-state index in [4.69, 9.17) is 5.73 Å². The largest absolute Gasteiger partial charge is 0.396 e. The fourth-order valence-electron chi connectivity index (χ4n) is 1.57. The lowest BCUT2D eigenvalue weighted by atomic mass is 10.1. The third-order valence-electron chi connectivity index (χ3n) is 2.66. The lowest BCUT2D eigenvalue weighted by Crippen LogP contribution is -2.32. The number of halogens is 2. The zero-order chi connectivity index (χ0) is 16.0. The Balaban J connectivity index is 2.50. The second-order valence-electron chi connectivity index (χ2n) is 5.06. The smallest absolute Gasteiger partial charge is 0.254 e. The number of hydrogen-bond acceptors (Lipinski definition) is 3. The third kappa shape index (κ3) is 5.37. The average Bonchev–Trinajstić information content (AvgIpc) is 2.40. The number of amides is 2. The van der Waals surface area contributed by atoms with Crippen molar-refractivity contribution >= 4 is 17.5 Å². The molecule has 0 radical (unpaired) electrons.